The molecule has 0 aliphatic carbocycles. The van der Waals surface area contributed by atoms with Crippen molar-refractivity contribution in [1.29, 1.82) is 0 Å². The van der Waals surface area contributed by atoms with Gasteiger partial charge in [0.15, 0.2) is 0 Å². The van der Waals surface area contributed by atoms with Crippen molar-refractivity contribution in [1.82, 2.24) is 10.3 Å². The second kappa shape index (κ2) is 5.40. The van der Waals surface area contributed by atoms with Gasteiger partial charge in [0.05, 0.1) is 12.0 Å². The van der Waals surface area contributed by atoms with Gasteiger partial charge in [-0.15, -0.1) is 0 Å². The molecule has 2 rings (SSSR count). The number of nitro groups is 1. The first kappa shape index (κ1) is 13.5. The third-order valence-electron chi connectivity index (χ3n) is 3.38. The second-order valence-electron chi connectivity index (χ2n) is 4.91. The van der Waals surface area contributed by atoms with Crippen molar-refractivity contribution in [3.05, 3.63) is 22.2 Å². The number of methoxy groups -OCH3 is 1. The number of hydrogen-bond donors (Lipinski definition) is 2. The molecular formula is C12H18N4O3. The topological polar surface area (TPSA) is 89.3 Å². The summed E-state index contributed by atoms with van der Waals surface area (Å²) in [5.74, 6) is 0.638. The summed E-state index contributed by atoms with van der Waals surface area (Å²) < 4.78 is 5.03. The van der Waals surface area contributed by atoms with Crippen LogP contribution in [0.5, 0.6) is 5.88 Å². The smallest absolute Gasteiger partial charge is 0.311 e. The van der Waals surface area contributed by atoms with Gasteiger partial charge in [0.2, 0.25) is 11.7 Å². The summed E-state index contributed by atoms with van der Waals surface area (Å²) in [6.07, 6.45) is 1.78. The summed E-state index contributed by atoms with van der Waals surface area (Å²) in [6, 6.07) is 2.91. The van der Waals surface area contributed by atoms with E-state index in [2.05, 4.69) is 22.5 Å². The average Bonchev–Trinajstić information content (AvgIpc) is 2.38. The van der Waals surface area contributed by atoms with Crippen molar-refractivity contribution in [2.75, 3.05) is 25.5 Å². The maximum atomic E-state index is 11.0. The molecule has 1 aliphatic rings. The highest BCUT2D eigenvalue weighted by Gasteiger charge is 2.30. The van der Waals surface area contributed by atoms with E-state index in [4.69, 9.17) is 4.74 Å². The lowest BCUT2D eigenvalue weighted by Gasteiger charge is -2.35. The van der Waals surface area contributed by atoms with Crippen molar-refractivity contribution in [2.45, 2.75) is 25.3 Å². The normalized spacial score (nSPS) is 17.8. The minimum Gasteiger partial charge on any atom is -0.481 e. The second-order valence-corrected chi connectivity index (χ2v) is 4.91. The Labute approximate surface area is 111 Å². The van der Waals surface area contributed by atoms with Gasteiger partial charge in [-0.3, -0.25) is 10.1 Å². The van der Waals surface area contributed by atoms with Crippen molar-refractivity contribution in [2.24, 2.45) is 0 Å². The standard InChI is InChI=1S/C12H18N4O3/c1-12(5-7-13-8-6-12)15-11-9(16(17)18)3-4-10(14-11)19-2/h3-4,13H,5-8H2,1-2H3,(H,14,15). The van der Waals surface area contributed by atoms with E-state index in [1.54, 1.807) is 0 Å². The van der Waals surface area contributed by atoms with Gasteiger partial charge in [0, 0.05) is 17.7 Å². The number of hydrogen-bond acceptors (Lipinski definition) is 6. The van der Waals surface area contributed by atoms with Crippen LogP contribution in [-0.2, 0) is 0 Å². The zero-order valence-corrected chi connectivity index (χ0v) is 11.1. The van der Waals surface area contributed by atoms with Crippen LogP contribution in [0, 0.1) is 10.1 Å². The highest BCUT2D eigenvalue weighted by Crippen LogP contribution is 2.30. The van der Waals surface area contributed by atoms with Gasteiger partial charge in [0.25, 0.3) is 0 Å². The van der Waals surface area contributed by atoms with Crippen LogP contribution in [0.4, 0.5) is 11.5 Å². The van der Waals surface area contributed by atoms with E-state index in [-0.39, 0.29) is 17.0 Å². The minimum absolute atomic E-state index is 0.0273. The monoisotopic (exact) mass is 266 g/mol. The molecule has 0 amide bonds. The summed E-state index contributed by atoms with van der Waals surface area (Å²) >= 11 is 0. The molecule has 0 aromatic carbocycles. The predicted molar refractivity (Wildman–Crippen MR) is 71.6 cm³/mol. The summed E-state index contributed by atoms with van der Waals surface area (Å²) in [5.41, 5.74) is -0.212. The Kier molecular flexibility index (Phi) is 3.84. The third kappa shape index (κ3) is 3.11. The summed E-state index contributed by atoms with van der Waals surface area (Å²) in [4.78, 5) is 14.8. The molecule has 0 atom stereocenters. The molecule has 7 nitrogen and oxygen atoms in total. The lowest BCUT2D eigenvalue weighted by Crippen LogP contribution is -2.45. The van der Waals surface area contributed by atoms with Crippen LogP contribution >= 0.6 is 0 Å². The Bertz CT molecular complexity index is 472. The molecule has 0 spiro atoms. The fourth-order valence-corrected chi connectivity index (χ4v) is 2.18. The fraction of sp³-hybridized carbons (Fsp3) is 0.583. The Morgan fingerprint density at radius 2 is 2.16 bits per heavy atom. The van der Waals surface area contributed by atoms with Crippen LogP contribution in [0.15, 0.2) is 12.1 Å². The van der Waals surface area contributed by atoms with Crippen molar-refractivity contribution >= 4 is 11.5 Å². The lowest BCUT2D eigenvalue weighted by atomic mass is 9.90. The van der Waals surface area contributed by atoms with Crippen LogP contribution in [0.2, 0.25) is 0 Å². The maximum absolute atomic E-state index is 11.0. The number of aromatic nitrogens is 1. The molecule has 1 aromatic rings. The van der Waals surface area contributed by atoms with Gasteiger partial charge in [0.1, 0.15) is 0 Å². The van der Waals surface area contributed by atoms with Crippen LogP contribution in [0.25, 0.3) is 0 Å². The lowest BCUT2D eigenvalue weighted by molar-refractivity contribution is -0.384. The number of nitrogens with one attached hydrogen (secondary N) is 2. The van der Waals surface area contributed by atoms with E-state index in [0.717, 1.165) is 25.9 Å². The molecule has 1 aliphatic heterocycles. The van der Waals surface area contributed by atoms with E-state index >= 15 is 0 Å². The zero-order valence-electron chi connectivity index (χ0n) is 11.1. The molecule has 19 heavy (non-hydrogen) atoms. The number of piperidine rings is 1. The van der Waals surface area contributed by atoms with Crippen molar-refractivity contribution < 1.29 is 9.66 Å². The molecular weight excluding hydrogens is 248 g/mol. The number of ether oxygens (including phenoxy) is 1. The SMILES string of the molecule is COc1ccc([N+](=O)[O-])c(NC2(C)CCNCC2)n1. The van der Waals surface area contributed by atoms with E-state index < -0.39 is 4.92 Å². The van der Waals surface area contributed by atoms with Crippen LogP contribution < -0.4 is 15.4 Å². The van der Waals surface area contributed by atoms with Gasteiger partial charge < -0.3 is 15.4 Å². The molecule has 7 heteroatoms. The molecule has 0 bridgehead atoms. The zero-order chi connectivity index (χ0) is 13.9. The Morgan fingerprint density at radius 3 is 2.74 bits per heavy atom. The molecule has 2 heterocycles. The molecule has 2 N–H and O–H groups in total. The highest BCUT2D eigenvalue weighted by atomic mass is 16.6. The quantitative estimate of drug-likeness (QED) is 0.635. The molecule has 1 saturated heterocycles. The Morgan fingerprint density at radius 1 is 1.47 bits per heavy atom. The first-order chi connectivity index (χ1) is 9.04. The first-order valence-electron chi connectivity index (χ1n) is 6.22. The molecule has 1 fully saturated rings. The maximum Gasteiger partial charge on any atom is 0.311 e. The van der Waals surface area contributed by atoms with E-state index in [0.29, 0.717) is 5.88 Å². The van der Waals surface area contributed by atoms with Gasteiger partial charge in [-0.25, -0.2) is 0 Å². The largest absolute Gasteiger partial charge is 0.481 e. The Hall–Kier alpha value is -1.89. The van der Waals surface area contributed by atoms with Gasteiger partial charge in [-0.2, -0.15) is 4.98 Å². The number of nitrogens with zero attached hydrogens (tertiary/aromatic N) is 2. The van der Waals surface area contributed by atoms with Crippen molar-refractivity contribution in [3.63, 3.8) is 0 Å². The molecule has 1 aromatic heterocycles. The number of anilines is 1. The van der Waals surface area contributed by atoms with Gasteiger partial charge in [-0.1, -0.05) is 0 Å². The molecule has 0 saturated carbocycles. The minimum atomic E-state index is -0.431. The number of rotatable bonds is 4. The van der Waals surface area contributed by atoms with Crippen LogP contribution in [0.1, 0.15) is 19.8 Å². The predicted octanol–water partition coefficient (Wildman–Crippen LogP) is 1.55. The van der Waals surface area contributed by atoms with E-state index in [1.165, 1.54) is 19.2 Å². The summed E-state index contributed by atoms with van der Waals surface area (Å²) in [6.45, 7) is 3.83. The molecule has 104 valence electrons. The fourth-order valence-electron chi connectivity index (χ4n) is 2.18. The van der Waals surface area contributed by atoms with Crippen molar-refractivity contribution in [3.8, 4) is 5.88 Å². The van der Waals surface area contributed by atoms with Gasteiger partial charge in [-0.05, 0) is 32.9 Å². The molecule has 0 radical (unpaired) electrons. The summed E-state index contributed by atoms with van der Waals surface area (Å²) in [5, 5.41) is 17.5. The first-order valence-corrected chi connectivity index (χ1v) is 6.22. The van der Waals surface area contributed by atoms with Crippen LogP contribution in [0.3, 0.4) is 0 Å². The van der Waals surface area contributed by atoms with E-state index in [1.807, 2.05) is 0 Å². The number of pyridine rings is 1. The van der Waals surface area contributed by atoms with Crippen LogP contribution in [-0.4, -0.2) is 35.6 Å². The van der Waals surface area contributed by atoms with Gasteiger partial charge >= 0.3 is 5.69 Å². The average molecular weight is 266 g/mol. The Balaban J connectivity index is 2.28. The van der Waals surface area contributed by atoms with E-state index in [9.17, 15) is 10.1 Å². The molecule has 0 unspecified atom stereocenters. The highest BCUT2D eigenvalue weighted by molar-refractivity contribution is 5.58. The third-order valence-corrected chi connectivity index (χ3v) is 3.38. The summed E-state index contributed by atoms with van der Waals surface area (Å²) in [7, 11) is 1.49.